The lowest BCUT2D eigenvalue weighted by atomic mass is 9.84. The molecule has 0 saturated carbocycles. The van der Waals surface area contributed by atoms with Gasteiger partial charge >= 0.3 is 0 Å². The van der Waals surface area contributed by atoms with Gasteiger partial charge in [0, 0.05) is 19.0 Å². The van der Waals surface area contributed by atoms with Crippen LogP contribution in [0.15, 0.2) is 54.2 Å². The SMILES string of the molecule is CCC1(Cc2ccccc2)NC(=O)C(=Cc2c(C#N)cccc2OC)N(C)C1=O. The van der Waals surface area contributed by atoms with Crippen molar-refractivity contribution in [3.8, 4) is 11.8 Å². The quantitative estimate of drug-likeness (QED) is 0.797. The van der Waals surface area contributed by atoms with E-state index >= 15 is 0 Å². The van der Waals surface area contributed by atoms with Crippen LogP contribution >= 0.6 is 0 Å². The Morgan fingerprint density at radius 3 is 2.52 bits per heavy atom. The average molecular weight is 389 g/mol. The largest absolute Gasteiger partial charge is 0.496 e. The number of methoxy groups -OCH3 is 1. The topological polar surface area (TPSA) is 82.4 Å². The zero-order valence-electron chi connectivity index (χ0n) is 16.7. The lowest BCUT2D eigenvalue weighted by Gasteiger charge is -2.41. The van der Waals surface area contributed by atoms with E-state index in [0.29, 0.717) is 29.7 Å². The van der Waals surface area contributed by atoms with Crippen LogP contribution in [0.5, 0.6) is 5.75 Å². The number of likely N-dealkylation sites (N-methyl/N-ethyl adjacent to an activating group) is 1. The molecule has 3 rings (SSSR count). The normalized spacial score (nSPS) is 20.3. The second-order valence-electron chi connectivity index (χ2n) is 6.98. The number of nitrogens with zero attached hydrogens (tertiary/aromatic N) is 2. The predicted molar refractivity (Wildman–Crippen MR) is 110 cm³/mol. The first-order valence-corrected chi connectivity index (χ1v) is 9.39. The minimum absolute atomic E-state index is 0.174. The Labute approximate surface area is 170 Å². The molecule has 1 fully saturated rings. The van der Waals surface area contributed by atoms with Gasteiger partial charge in [0.25, 0.3) is 11.8 Å². The van der Waals surface area contributed by atoms with E-state index in [2.05, 4.69) is 11.4 Å². The average Bonchev–Trinajstić information content (AvgIpc) is 2.75. The zero-order valence-corrected chi connectivity index (χ0v) is 16.7. The van der Waals surface area contributed by atoms with Crippen molar-refractivity contribution in [3.05, 3.63) is 70.9 Å². The van der Waals surface area contributed by atoms with Gasteiger partial charge in [-0.15, -0.1) is 0 Å². The summed E-state index contributed by atoms with van der Waals surface area (Å²) in [5, 5.41) is 12.4. The molecule has 1 unspecified atom stereocenters. The fraction of sp³-hybridized carbons (Fsp3) is 0.261. The van der Waals surface area contributed by atoms with Crippen molar-refractivity contribution in [2.24, 2.45) is 0 Å². The Morgan fingerprint density at radius 1 is 1.17 bits per heavy atom. The molecule has 1 heterocycles. The highest BCUT2D eigenvalue weighted by Crippen LogP contribution is 2.30. The number of hydrogen-bond donors (Lipinski definition) is 1. The summed E-state index contributed by atoms with van der Waals surface area (Å²) in [5.74, 6) is -0.0930. The van der Waals surface area contributed by atoms with Crippen molar-refractivity contribution in [1.82, 2.24) is 10.2 Å². The molecule has 1 saturated heterocycles. The van der Waals surface area contributed by atoms with E-state index in [0.717, 1.165) is 5.56 Å². The number of nitriles is 1. The number of carbonyl (C=O) groups is 2. The molecule has 6 nitrogen and oxygen atoms in total. The lowest BCUT2D eigenvalue weighted by Crippen LogP contribution is -2.65. The maximum absolute atomic E-state index is 13.3. The first-order chi connectivity index (χ1) is 14.0. The van der Waals surface area contributed by atoms with Crippen LogP contribution in [0.25, 0.3) is 6.08 Å². The zero-order chi connectivity index (χ0) is 21.0. The van der Waals surface area contributed by atoms with Gasteiger partial charge < -0.3 is 15.0 Å². The summed E-state index contributed by atoms with van der Waals surface area (Å²) < 4.78 is 5.34. The Bertz CT molecular complexity index is 1010. The van der Waals surface area contributed by atoms with Crippen LogP contribution in [-0.4, -0.2) is 36.4 Å². The van der Waals surface area contributed by atoms with Gasteiger partial charge in [0.1, 0.15) is 17.0 Å². The van der Waals surface area contributed by atoms with Gasteiger partial charge in [-0.25, -0.2) is 0 Å². The Balaban J connectivity index is 2.01. The first-order valence-electron chi connectivity index (χ1n) is 9.39. The van der Waals surface area contributed by atoms with E-state index in [-0.39, 0.29) is 17.5 Å². The molecule has 29 heavy (non-hydrogen) atoms. The number of benzene rings is 2. The highest BCUT2D eigenvalue weighted by atomic mass is 16.5. The molecule has 0 radical (unpaired) electrons. The standard InChI is InChI=1S/C23H23N3O3/c1-4-23(14-16-9-6-5-7-10-16)22(28)26(2)19(21(27)25-23)13-18-17(15-24)11-8-12-20(18)29-3/h5-13H,4,14H2,1-3H3,(H,25,27). The molecule has 148 valence electrons. The molecule has 6 heteroatoms. The Morgan fingerprint density at radius 2 is 1.90 bits per heavy atom. The third-order valence-electron chi connectivity index (χ3n) is 5.30. The van der Waals surface area contributed by atoms with Crippen molar-refractivity contribution < 1.29 is 14.3 Å². The van der Waals surface area contributed by atoms with Crippen LogP contribution in [-0.2, 0) is 16.0 Å². The molecular weight excluding hydrogens is 366 g/mol. The second-order valence-corrected chi connectivity index (χ2v) is 6.98. The summed E-state index contributed by atoms with van der Waals surface area (Å²) in [4.78, 5) is 27.7. The number of hydrogen-bond acceptors (Lipinski definition) is 4. The van der Waals surface area contributed by atoms with Crippen molar-refractivity contribution >= 4 is 17.9 Å². The number of carbonyl (C=O) groups excluding carboxylic acids is 2. The van der Waals surface area contributed by atoms with E-state index in [1.807, 2.05) is 37.3 Å². The monoisotopic (exact) mass is 389 g/mol. The lowest BCUT2D eigenvalue weighted by molar-refractivity contribution is -0.144. The number of piperazine rings is 1. The molecule has 2 amide bonds. The summed E-state index contributed by atoms with van der Waals surface area (Å²) in [6.45, 7) is 1.89. The summed E-state index contributed by atoms with van der Waals surface area (Å²) in [6, 6.07) is 16.8. The Kier molecular flexibility index (Phi) is 5.69. The van der Waals surface area contributed by atoms with E-state index in [1.54, 1.807) is 25.2 Å². The minimum Gasteiger partial charge on any atom is -0.496 e. The van der Waals surface area contributed by atoms with Crippen LogP contribution in [0.1, 0.15) is 30.0 Å². The fourth-order valence-corrected chi connectivity index (χ4v) is 3.61. The maximum Gasteiger partial charge on any atom is 0.268 e. The van der Waals surface area contributed by atoms with Gasteiger partial charge in [-0.2, -0.15) is 5.26 Å². The van der Waals surface area contributed by atoms with Crippen LogP contribution in [0.2, 0.25) is 0 Å². The molecule has 0 bridgehead atoms. The molecular formula is C23H23N3O3. The molecule has 0 spiro atoms. The first kappa shape index (κ1) is 20.2. The second kappa shape index (κ2) is 8.19. The van der Waals surface area contributed by atoms with Gasteiger partial charge in [-0.3, -0.25) is 9.59 Å². The third kappa shape index (κ3) is 3.72. The van der Waals surface area contributed by atoms with E-state index < -0.39 is 5.54 Å². The summed E-state index contributed by atoms with van der Waals surface area (Å²) in [5.41, 5.74) is 0.966. The molecule has 1 atom stereocenters. The number of ether oxygens (including phenoxy) is 1. The smallest absolute Gasteiger partial charge is 0.268 e. The van der Waals surface area contributed by atoms with Gasteiger partial charge in [0.05, 0.1) is 18.7 Å². The van der Waals surface area contributed by atoms with Gasteiger partial charge in [-0.05, 0) is 30.2 Å². The molecule has 2 aromatic carbocycles. The minimum atomic E-state index is -1.01. The van der Waals surface area contributed by atoms with Gasteiger partial charge in [0.15, 0.2) is 0 Å². The van der Waals surface area contributed by atoms with Gasteiger partial charge in [0.2, 0.25) is 0 Å². The summed E-state index contributed by atoms with van der Waals surface area (Å²) in [7, 11) is 3.08. The van der Waals surface area contributed by atoms with E-state index in [4.69, 9.17) is 4.74 Å². The molecule has 1 aliphatic heterocycles. The van der Waals surface area contributed by atoms with Crippen molar-refractivity contribution in [2.75, 3.05) is 14.2 Å². The number of rotatable bonds is 5. The van der Waals surface area contributed by atoms with Crippen LogP contribution in [0, 0.1) is 11.3 Å². The molecule has 2 aromatic rings. The van der Waals surface area contributed by atoms with Crippen LogP contribution < -0.4 is 10.1 Å². The van der Waals surface area contributed by atoms with Crippen molar-refractivity contribution in [3.63, 3.8) is 0 Å². The number of amides is 2. The molecule has 1 aliphatic rings. The van der Waals surface area contributed by atoms with E-state index in [1.165, 1.54) is 18.1 Å². The van der Waals surface area contributed by atoms with Crippen LogP contribution in [0.4, 0.5) is 0 Å². The highest BCUT2D eigenvalue weighted by molar-refractivity contribution is 6.09. The maximum atomic E-state index is 13.3. The van der Waals surface area contributed by atoms with E-state index in [9.17, 15) is 14.9 Å². The fourth-order valence-electron chi connectivity index (χ4n) is 3.61. The predicted octanol–water partition coefficient (Wildman–Crippen LogP) is 2.89. The van der Waals surface area contributed by atoms with Crippen molar-refractivity contribution in [2.45, 2.75) is 25.3 Å². The third-order valence-corrected chi connectivity index (χ3v) is 5.30. The molecule has 0 aliphatic carbocycles. The number of nitrogens with one attached hydrogen (secondary N) is 1. The van der Waals surface area contributed by atoms with Crippen LogP contribution in [0.3, 0.4) is 0 Å². The van der Waals surface area contributed by atoms with Crippen molar-refractivity contribution in [1.29, 1.82) is 5.26 Å². The molecule has 0 aromatic heterocycles. The summed E-state index contributed by atoms with van der Waals surface area (Å²) in [6.07, 6.45) is 2.40. The highest BCUT2D eigenvalue weighted by Gasteiger charge is 2.46. The Hall–Kier alpha value is -3.59. The van der Waals surface area contributed by atoms with Gasteiger partial charge in [-0.1, -0.05) is 43.3 Å². The summed E-state index contributed by atoms with van der Waals surface area (Å²) >= 11 is 0. The molecule has 1 N–H and O–H groups in total.